The van der Waals surface area contributed by atoms with E-state index in [0.717, 1.165) is 23.9 Å². The van der Waals surface area contributed by atoms with Crippen LogP contribution in [0, 0.1) is 5.82 Å². The number of halogens is 1. The number of hydrogen-bond donors (Lipinski definition) is 1. The average molecular weight is 421 g/mol. The summed E-state index contributed by atoms with van der Waals surface area (Å²) in [6.45, 7) is 1.31. The van der Waals surface area contributed by atoms with Gasteiger partial charge in [-0.3, -0.25) is 0 Å². The van der Waals surface area contributed by atoms with Crippen LogP contribution < -0.4 is 10.1 Å². The zero-order valence-electron chi connectivity index (χ0n) is 16.3. The van der Waals surface area contributed by atoms with Crippen LogP contribution in [0.2, 0.25) is 0 Å². The molecule has 2 aromatic carbocycles. The number of sulfonamides is 1. The quantitative estimate of drug-likeness (QED) is 0.804. The van der Waals surface area contributed by atoms with Crippen molar-refractivity contribution in [2.45, 2.75) is 35.8 Å². The highest BCUT2D eigenvalue weighted by Crippen LogP contribution is 2.38. The van der Waals surface area contributed by atoms with E-state index in [1.807, 2.05) is 24.3 Å². The molecule has 0 radical (unpaired) electrons. The lowest BCUT2D eigenvalue weighted by molar-refractivity contribution is -0.0310. The lowest BCUT2D eigenvalue weighted by Gasteiger charge is -2.38. The number of nitrogens with zero attached hydrogens (tertiary/aromatic N) is 1. The highest BCUT2D eigenvalue weighted by Gasteiger charge is 2.44. The minimum absolute atomic E-state index is 0.00152. The minimum Gasteiger partial charge on any atom is -0.497 e. The first-order valence-corrected chi connectivity index (χ1v) is 11.1. The number of methoxy groups -OCH3 is 1. The van der Waals surface area contributed by atoms with E-state index in [4.69, 9.17) is 9.47 Å². The fraction of sp³-hybridized carbons (Fsp3) is 0.429. The van der Waals surface area contributed by atoms with E-state index < -0.39 is 15.8 Å². The Kier molecular flexibility index (Phi) is 5.50. The predicted molar refractivity (Wildman–Crippen MR) is 108 cm³/mol. The molecule has 8 heteroatoms. The van der Waals surface area contributed by atoms with E-state index in [-0.39, 0.29) is 16.5 Å². The third-order valence-corrected chi connectivity index (χ3v) is 7.61. The van der Waals surface area contributed by atoms with Crippen molar-refractivity contribution in [1.82, 2.24) is 4.31 Å². The van der Waals surface area contributed by atoms with Crippen LogP contribution in [0.5, 0.6) is 5.75 Å². The molecule has 1 spiro atoms. The Bertz CT molecular complexity index is 974. The van der Waals surface area contributed by atoms with E-state index >= 15 is 0 Å². The van der Waals surface area contributed by atoms with Crippen LogP contribution in [0.4, 0.5) is 10.1 Å². The molecular formula is C21H25FN2O4S. The molecule has 2 aliphatic heterocycles. The van der Waals surface area contributed by atoms with Gasteiger partial charge in [0, 0.05) is 24.8 Å². The standard InChI is InChI=1S/C21H25FN2O4S/c1-27-19-6-3-5-17(13-19)23-18-14-21(28-15-18)8-10-24(11-9-21)29(25,26)20-7-2-4-16(22)12-20/h2-7,12-13,18,23H,8-11,14-15H2,1H3/t18-/m0/s1. The summed E-state index contributed by atoms with van der Waals surface area (Å²) >= 11 is 0. The van der Waals surface area contributed by atoms with Gasteiger partial charge in [-0.1, -0.05) is 12.1 Å². The van der Waals surface area contributed by atoms with Crippen molar-refractivity contribution < 1.29 is 22.3 Å². The van der Waals surface area contributed by atoms with Crippen molar-refractivity contribution in [1.29, 1.82) is 0 Å². The summed E-state index contributed by atoms with van der Waals surface area (Å²) in [5, 5.41) is 3.48. The third-order valence-electron chi connectivity index (χ3n) is 5.72. The van der Waals surface area contributed by atoms with Crippen LogP contribution in [0.25, 0.3) is 0 Å². The first-order chi connectivity index (χ1) is 13.9. The van der Waals surface area contributed by atoms with Gasteiger partial charge in [0.1, 0.15) is 11.6 Å². The molecule has 2 heterocycles. The summed E-state index contributed by atoms with van der Waals surface area (Å²) in [4.78, 5) is -0.00152. The summed E-state index contributed by atoms with van der Waals surface area (Å²) in [7, 11) is -2.05. The number of anilines is 1. The fourth-order valence-corrected chi connectivity index (χ4v) is 5.62. The molecule has 156 valence electrons. The molecule has 2 aliphatic rings. The summed E-state index contributed by atoms with van der Waals surface area (Å²) in [5.74, 6) is 0.240. The molecule has 0 unspecified atom stereocenters. The van der Waals surface area contributed by atoms with E-state index in [1.165, 1.54) is 22.5 Å². The Labute approximate surface area is 170 Å². The Morgan fingerprint density at radius 1 is 1.17 bits per heavy atom. The highest BCUT2D eigenvalue weighted by atomic mass is 32.2. The maximum absolute atomic E-state index is 13.5. The fourth-order valence-electron chi connectivity index (χ4n) is 4.14. The molecule has 2 saturated heterocycles. The zero-order valence-corrected chi connectivity index (χ0v) is 17.1. The van der Waals surface area contributed by atoms with Crippen molar-refractivity contribution in [3.05, 3.63) is 54.3 Å². The number of nitrogens with one attached hydrogen (secondary N) is 1. The first kappa shape index (κ1) is 20.1. The monoisotopic (exact) mass is 420 g/mol. The zero-order chi connectivity index (χ0) is 20.5. The number of rotatable bonds is 5. The van der Waals surface area contributed by atoms with Crippen LogP contribution in [0.3, 0.4) is 0 Å². The molecule has 29 heavy (non-hydrogen) atoms. The number of piperidine rings is 1. The molecule has 2 aromatic rings. The SMILES string of the molecule is COc1cccc(N[C@@H]2COC3(CCN(S(=O)(=O)c4cccc(F)c4)CC3)C2)c1. The van der Waals surface area contributed by atoms with Crippen LogP contribution in [-0.4, -0.2) is 51.2 Å². The Morgan fingerprint density at radius 2 is 1.93 bits per heavy atom. The molecule has 1 atom stereocenters. The Hall–Kier alpha value is -2.16. The molecular weight excluding hydrogens is 395 g/mol. The molecule has 0 amide bonds. The van der Waals surface area contributed by atoms with Crippen LogP contribution in [0.15, 0.2) is 53.4 Å². The molecule has 0 bridgehead atoms. The lowest BCUT2D eigenvalue weighted by atomic mass is 9.88. The van der Waals surface area contributed by atoms with Crippen molar-refractivity contribution in [2.24, 2.45) is 0 Å². The van der Waals surface area contributed by atoms with Crippen molar-refractivity contribution in [2.75, 3.05) is 32.1 Å². The maximum Gasteiger partial charge on any atom is 0.243 e. The largest absolute Gasteiger partial charge is 0.497 e. The Balaban J connectivity index is 1.38. The average Bonchev–Trinajstić information content (AvgIpc) is 3.10. The molecule has 0 saturated carbocycles. The summed E-state index contributed by atoms with van der Waals surface area (Å²) in [6.07, 6.45) is 2.06. The van der Waals surface area contributed by atoms with Crippen molar-refractivity contribution in [3.8, 4) is 5.75 Å². The third kappa shape index (κ3) is 4.24. The smallest absolute Gasteiger partial charge is 0.243 e. The number of ether oxygens (including phenoxy) is 2. The second kappa shape index (κ2) is 7.93. The van der Waals surface area contributed by atoms with Gasteiger partial charge in [0.2, 0.25) is 10.0 Å². The van der Waals surface area contributed by atoms with Gasteiger partial charge in [-0.25, -0.2) is 12.8 Å². The van der Waals surface area contributed by atoms with Gasteiger partial charge in [-0.05, 0) is 49.6 Å². The van der Waals surface area contributed by atoms with Crippen molar-refractivity contribution in [3.63, 3.8) is 0 Å². The van der Waals surface area contributed by atoms with Gasteiger partial charge in [0.15, 0.2) is 0 Å². The normalized spacial score (nSPS) is 21.9. The summed E-state index contributed by atoms with van der Waals surface area (Å²) in [6, 6.07) is 13.1. The summed E-state index contributed by atoms with van der Waals surface area (Å²) < 4.78 is 51.9. The van der Waals surface area contributed by atoms with Crippen LogP contribution in [0.1, 0.15) is 19.3 Å². The van der Waals surface area contributed by atoms with Crippen LogP contribution in [-0.2, 0) is 14.8 Å². The van der Waals surface area contributed by atoms with E-state index in [0.29, 0.717) is 32.5 Å². The van der Waals surface area contributed by atoms with Gasteiger partial charge in [0.25, 0.3) is 0 Å². The first-order valence-electron chi connectivity index (χ1n) is 9.71. The maximum atomic E-state index is 13.5. The molecule has 2 fully saturated rings. The second-order valence-electron chi connectivity index (χ2n) is 7.63. The molecule has 0 aromatic heterocycles. The van der Waals surface area contributed by atoms with E-state index in [9.17, 15) is 12.8 Å². The highest BCUT2D eigenvalue weighted by molar-refractivity contribution is 7.89. The number of hydrogen-bond acceptors (Lipinski definition) is 5. The topological polar surface area (TPSA) is 67.9 Å². The van der Waals surface area contributed by atoms with Gasteiger partial charge in [0.05, 0.1) is 30.3 Å². The van der Waals surface area contributed by atoms with Gasteiger partial charge in [-0.2, -0.15) is 4.31 Å². The van der Waals surface area contributed by atoms with Gasteiger partial charge in [-0.15, -0.1) is 0 Å². The van der Waals surface area contributed by atoms with Gasteiger partial charge >= 0.3 is 0 Å². The Morgan fingerprint density at radius 3 is 2.66 bits per heavy atom. The van der Waals surface area contributed by atoms with Crippen LogP contribution >= 0.6 is 0 Å². The van der Waals surface area contributed by atoms with Crippen molar-refractivity contribution >= 4 is 15.7 Å². The molecule has 6 nitrogen and oxygen atoms in total. The van der Waals surface area contributed by atoms with E-state index in [1.54, 1.807) is 7.11 Å². The molecule has 1 N–H and O–H groups in total. The predicted octanol–water partition coefficient (Wildman–Crippen LogP) is 3.26. The molecule has 0 aliphatic carbocycles. The summed E-state index contributed by atoms with van der Waals surface area (Å²) in [5.41, 5.74) is 0.658. The lowest BCUT2D eigenvalue weighted by Crippen LogP contribution is -2.46. The minimum atomic E-state index is -3.69. The second-order valence-corrected chi connectivity index (χ2v) is 9.57. The van der Waals surface area contributed by atoms with E-state index in [2.05, 4.69) is 5.32 Å². The van der Waals surface area contributed by atoms with Gasteiger partial charge < -0.3 is 14.8 Å². The number of benzene rings is 2. The molecule has 4 rings (SSSR count).